The third-order valence-corrected chi connectivity index (χ3v) is 5.98. The van der Waals surface area contributed by atoms with Gasteiger partial charge in [-0.3, -0.25) is 9.59 Å². The summed E-state index contributed by atoms with van der Waals surface area (Å²) < 4.78 is 0. The van der Waals surface area contributed by atoms with E-state index in [1.54, 1.807) is 0 Å². The van der Waals surface area contributed by atoms with Crippen molar-refractivity contribution in [2.24, 2.45) is 11.3 Å². The second-order valence-corrected chi connectivity index (χ2v) is 7.38. The van der Waals surface area contributed by atoms with Crippen LogP contribution < -0.4 is 10.6 Å². The first-order valence-electron chi connectivity index (χ1n) is 9.02. The fraction of sp³-hybridized carbons (Fsp3) is 0.579. The molecular weight excluding hydrogens is 302 g/mol. The Kier molecular flexibility index (Phi) is 4.04. The van der Waals surface area contributed by atoms with Crippen molar-refractivity contribution in [3.63, 3.8) is 0 Å². The predicted octanol–water partition coefficient (Wildman–Crippen LogP) is 1.47. The Morgan fingerprint density at radius 3 is 2.62 bits per heavy atom. The van der Waals surface area contributed by atoms with Gasteiger partial charge in [-0.05, 0) is 43.3 Å². The van der Waals surface area contributed by atoms with Crippen molar-refractivity contribution in [2.75, 3.05) is 26.2 Å². The van der Waals surface area contributed by atoms with Crippen LogP contribution in [0, 0.1) is 11.3 Å². The molecule has 1 spiro atoms. The Morgan fingerprint density at radius 1 is 1.12 bits per heavy atom. The average Bonchev–Trinajstić information content (AvgIpc) is 3.34. The van der Waals surface area contributed by atoms with Crippen molar-refractivity contribution in [2.45, 2.75) is 31.7 Å². The lowest BCUT2D eigenvalue weighted by Gasteiger charge is -2.31. The molecule has 0 aromatic heterocycles. The standard InChI is InChI=1S/C19H25N3O2/c23-17-12-16(14-4-2-1-3-5-14)22(11-10-21-17)18(24)15-13-19(15)6-8-20-9-7-19/h1-5,15-16,20H,6-13H2,(H,21,23). The normalized spacial score (nSPS) is 29.0. The smallest absolute Gasteiger partial charge is 0.226 e. The van der Waals surface area contributed by atoms with E-state index in [9.17, 15) is 9.59 Å². The van der Waals surface area contributed by atoms with Gasteiger partial charge in [0.2, 0.25) is 11.8 Å². The Bertz CT molecular complexity index is 625. The Hall–Kier alpha value is -1.88. The van der Waals surface area contributed by atoms with E-state index >= 15 is 0 Å². The van der Waals surface area contributed by atoms with E-state index in [0.29, 0.717) is 19.5 Å². The summed E-state index contributed by atoms with van der Waals surface area (Å²) in [6.07, 6.45) is 3.58. The van der Waals surface area contributed by atoms with Crippen molar-refractivity contribution >= 4 is 11.8 Å². The number of rotatable bonds is 2. The van der Waals surface area contributed by atoms with E-state index in [0.717, 1.165) is 37.9 Å². The maximum atomic E-state index is 13.2. The second kappa shape index (κ2) is 6.20. The largest absolute Gasteiger partial charge is 0.354 e. The molecule has 2 amide bonds. The molecule has 128 valence electrons. The number of carbonyl (C=O) groups is 2. The molecule has 3 aliphatic rings. The first-order valence-corrected chi connectivity index (χ1v) is 9.02. The van der Waals surface area contributed by atoms with Gasteiger partial charge in [-0.1, -0.05) is 30.3 Å². The summed E-state index contributed by atoms with van der Waals surface area (Å²) in [7, 11) is 0. The molecule has 24 heavy (non-hydrogen) atoms. The zero-order valence-electron chi connectivity index (χ0n) is 14.0. The van der Waals surface area contributed by atoms with Crippen LogP contribution in [-0.4, -0.2) is 42.9 Å². The Morgan fingerprint density at radius 2 is 1.88 bits per heavy atom. The molecule has 2 saturated heterocycles. The van der Waals surface area contributed by atoms with Gasteiger partial charge in [0.15, 0.2) is 0 Å². The number of nitrogens with one attached hydrogen (secondary N) is 2. The zero-order valence-corrected chi connectivity index (χ0v) is 14.0. The highest BCUT2D eigenvalue weighted by atomic mass is 16.2. The van der Waals surface area contributed by atoms with Gasteiger partial charge in [0.05, 0.1) is 12.5 Å². The lowest BCUT2D eigenvalue weighted by molar-refractivity contribution is -0.136. The topological polar surface area (TPSA) is 61.4 Å². The summed E-state index contributed by atoms with van der Waals surface area (Å²) >= 11 is 0. The number of nitrogens with zero attached hydrogens (tertiary/aromatic N) is 1. The lowest BCUT2D eigenvalue weighted by atomic mass is 9.91. The highest BCUT2D eigenvalue weighted by Gasteiger charge is 2.59. The Balaban J connectivity index is 1.57. The number of amides is 2. The van der Waals surface area contributed by atoms with Gasteiger partial charge in [0.1, 0.15) is 0 Å². The molecule has 5 heteroatoms. The van der Waals surface area contributed by atoms with Gasteiger partial charge < -0.3 is 15.5 Å². The zero-order chi connectivity index (χ0) is 16.6. The lowest BCUT2D eigenvalue weighted by Crippen LogP contribution is -2.40. The first kappa shape index (κ1) is 15.6. The molecule has 0 bridgehead atoms. The van der Waals surface area contributed by atoms with E-state index in [2.05, 4.69) is 10.6 Å². The van der Waals surface area contributed by atoms with E-state index in [4.69, 9.17) is 0 Å². The highest BCUT2D eigenvalue weighted by molar-refractivity contribution is 5.85. The molecule has 2 N–H and O–H groups in total. The van der Waals surface area contributed by atoms with Gasteiger partial charge in [0.25, 0.3) is 0 Å². The SMILES string of the molecule is O=C1CC(c2ccccc2)N(C(=O)C2CC23CCNCC3)CCN1. The van der Waals surface area contributed by atoms with Crippen molar-refractivity contribution in [3.8, 4) is 0 Å². The van der Waals surface area contributed by atoms with Gasteiger partial charge in [-0.2, -0.15) is 0 Å². The number of hydrogen-bond acceptors (Lipinski definition) is 3. The summed E-state index contributed by atoms with van der Waals surface area (Å²) in [5.41, 5.74) is 1.29. The van der Waals surface area contributed by atoms with Gasteiger partial charge in [0, 0.05) is 19.0 Å². The summed E-state index contributed by atoms with van der Waals surface area (Å²) in [5.74, 6) is 0.438. The number of piperidine rings is 1. The minimum Gasteiger partial charge on any atom is -0.354 e. The van der Waals surface area contributed by atoms with Crippen molar-refractivity contribution in [1.29, 1.82) is 0 Å². The number of benzene rings is 1. The van der Waals surface area contributed by atoms with Gasteiger partial charge in [-0.15, -0.1) is 0 Å². The van der Waals surface area contributed by atoms with E-state index in [1.165, 1.54) is 0 Å². The predicted molar refractivity (Wildman–Crippen MR) is 91.2 cm³/mol. The number of hydrogen-bond donors (Lipinski definition) is 2. The minimum atomic E-state index is -0.138. The van der Waals surface area contributed by atoms with E-state index in [-0.39, 0.29) is 29.2 Å². The van der Waals surface area contributed by atoms with Gasteiger partial charge >= 0.3 is 0 Å². The molecule has 2 atom stereocenters. The summed E-state index contributed by atoms with van der Waals surface area (Å²) in [6.45, 7) is 3.20. The van der Waals surface area contributed by atoms with Crippen LogP contribution in [0.25, 0.3) is 0 Å². The third kappa shape index (κ3) is 2.81. The first-order chi connectivity index (χ1) is 11.7. The highest BCUT2D eigenvalue weighted by Crippen LogP contribution is 2.59. The molecule has 0 radical (unpaired) electrons. The molecule has 2 heterocycles. The minimum absolute atomic E-state index is 0.0338. The molecule has 1 aliphatic carbocycles. The van der Waals surface area contributed by atoms with Crippen molar-refractivity contribution in [1.82, 2.24) is 15.5 Å². The van der Waals surface area contributed by atoms with E-state index < -0.39 is 0 Å². The summed E-state index contributed by atoms with van der Waals surface area (Å²) in [5, 5.41) is 6.31. The maximum Gasteiger partial charge on any atom is 0.226 e. The monoisotopic (exact) mass is 327 g/mol. The van der Waals surface area contributed by atoms with Crippen molar-refractivity contribution < 1.29 is 9.59 Å². The van der Waals surface area contributed by atoms with Crippen LogP contribution in [0.3, 0.4) is 0 Å². The van der Waals surface area contributed by atoms with Crippen LogP contribution in [-0.2, 0) is 9.59 Å². The fourth-order valence-electron chi connectivity index (χ4n) is 4.44. The van der Waals surface area contributed by atoms with E-state index in [1.807, 2.05) is 35.2 Å². The quantitative estimate of drug-likeness (QED) is 0.865. The second-order valence-electron chi connectivity index (χ2n) is 7.38. The Labute approximate surface area is 142 Å². The van der Waals surface area contributed by atoms with Crippen LogP contribution in [0.2, 0.25) is 0 Å². The summed E-state index contributed by atoms with van der Waals surface area (Å²) in [6, 6.07) is 9.84. The van der Waals surface area contributed by atoms with Crippen molar-refractivity contribution in [3.05, 3.63) is 35.9 Å². The van der Waals surface area contributed by atoms with Crippen LogP contribution in [0.1, 0.15) is 37.3 Å². The molecule has 3 fully saturated rings. The number of carbonyl (C=O) groups excluding carboxylic acids is 2. The molecule has 1 saturated carbocycles. The van der Waals surface area contributed by atoms with Crippen LogP contribution in [0.5, 0.6) is 0 Å². The average molecular weight is 327 g/mol. The van der Waals surface area contributed by atoms with Crippen LogP contribution in [0.15, 0.2) is 30.3 Å². The molecule has 2 unspecified atom stereocenters. The maximum absolute atomic E-state index is 13.2. The molecular formula is C19H25N3O2. The molecule has 5 nitrogen and oxygen atoms in total. The molecule has 1 aromatic carbocycles. The van der Waals surface area contributed by atoms with Crippen LogP contribution >= 0.6 is 0 Å². The molecule has 4 rings (SSSR count). The molecule has 2 aliphatic heterocycles. The summed E-state index contributed by atoms with van der Waals surface area (Å²) in [4.78, 5) is 27.3. The third-order valence-electron chi connectivity index (χ3n) is 5.98. The molecule has 1 aromatic rings. The fourth-order valence-corrected chi connectivity index (χ4v) is 4.44. The van der Waals surface area contributed by atoms with Gasteiger partial charge in [-0.25, -0.2) is 0 Å². The van der Waals surface area contributed by atoms with Crippen LogP contribution in [0.4, 0.5) is 0 Å².